The molecule has 0 aromatic carbocycles. The summed E-state index contributed by atoms with van der Waals surface area (Å²) in [5.41, 5.74) is 0.130. The lowest BCUT2D eigenvalue weighted by Gasteiger charge is -2.60. The van der Waals surface area contributed by atoms with Crippen molar-refractivity contribution in [2.24, 2.45) is 34.5 Å². The second kappa shape index (κ2) is 5.77. The van der Waals surface area contributed by atoms with E-state index in [-0.39, 0.29) is 16.9 Å². The van der Waals surface area contributed by atoms with E-state index in [4.69, 9.17) is 8.74 Å². The second-order valence-electron chi connectivity index (χ2n) is 9.50. The number of rotatable bonds is 2. The van der Waals surface area contributed by atoms with Crippen molar-refractivity contribution in [2.75, 3.05) is 0 Å². The molecule has 0 spiro atoms. The number of carbonyl (C=O) groups excluding carboxylic acids is 1. The van der Waals surface area contributed by atoms with Crippen LogP contribution >= 0.6 is 0 Å². The van der Waals surface area contributed by atoms with Gasteiger partial charge in [0.2, 0.25) is 0 Å². The third-order valence-corrected chi connectivity index (χ3v) is 9.10. The standard InChI is InChI=1S/C19H30O5S/c1-18-9-7-13(24-25(21,22)23)11-12(18)3-4-14-15-5-6-17(20)19(15,2)10-8-16(14)18/h12-16H,3-11H2,1-2H3,(H,21,22,23)/t12-,13+,14+,15-,16+,18+,19-/m0/s1. The molecular formula is C19H30O5S. The lowest BCUT2D eigenvalue weighted by molar-refractivity contribution is -0.141. The Hall–Kier alpha value is -0.460. The fourth-order valence-electron chi connectivity index (χ4n) is 7.25. The van der Waals surface area contributed by atoms with E-state index >= 15 is 0 Å². The van der Waals surface area contributed by atoms with Crippen LogP contribution in [0.15, 0.2) is 0 Å². The normalized spacial score (nSPS) is 50.0. The average Bonchev–Trinajstić information content (AvgIpc) is 2.82. The summed E-state index contributed by atoms with van der Waals surface area (Å²) in [5, 5.41) is 0. The van der Waals surface area contributed by atoms with Crippen molar-refractivity contribution in [3.05, 3.63) is 0 Å². The van der Waals surface area contributed by atoms with E-state index in [1.807, 2.05) is 0 Å². The van der Waals surface area contributed by atoms with Crippen molar-refractivity contribution in [3.63, 3.8) is 0 Å². The Bertz CT molecular complexity index is 673. The van der Waals surface area contributed by atoms with Gasteiger partial charge in [-0.3, -0.25) is 9.35 Å². The third kappa shape index (κ3) is 2.79. The van der Waals surface area contributed by atoms with Gasteiger partial charge in [-0.2, -0.15) is 8.42 Å². The second-order valence-corrected chi connectivity index (χ2v) is 10.5. The molecule has 4 aliphatic carbocycles. The van der Waals surface area contributed by atoms with E-state index in [1.165, 1.54) is 0 Å². The molecule has 7 atom stereocenters. The Balaban J connectivity index is 1.54. The number of ketones is 1. The largest absolute Gasteiger partial charge is 0.397 e. The maximum absolute atomic E-state index is 12.4. The Kier molecular flexibility index (Phi) is 4.14. The van der Waals surface area contributed by atoms with Gasteiger partial charge >= 0.3 is 10.4 Å². The average molecular weight is 371 g/mol. The summed E-state index contributed by atoms with van der Waals surface area (Å²) < 4.78 is 36.0. The van der Waals surface area contributed by atoms with E-state index in [0.717, 1.165) is 51.4 Å². The van der Waals surface area contributed by atoms with Crippen LogP contribution in [-0.4, -0.2) is 24.9 Å². The molecule has 0 heterocycles. The van der Waals surface area contributed by atoms with Crippen LogP contribution < -0.4 is 0 Å². The quantitative estimate of drug-likeness (QED) is 0.748. The SMILES string of the molecule is C[C@@]12CC[C@@H](OS(=O)(=O)O)C[C@@H]1CC[C@H]1[C@H]2CC[C@]2(C)C(=O)CC[C@@H]12. The Morgan fingerprint density at radius 1 is 1.04 bits per heavy atom. The van der Waals surface area contributed by atoms with Crippen LogP contribution in [0.25, 0.3) is 0 Å². The predicted molar refractivity (Wildman–Crippen MR) is 93.2 cm³/mol. The Morgan fingerprint density at radius 3 is 2.52 bits per heavy atom. The molecule has 5 nitrogen and oxygen atoms in total. The number of Topliss-reactive ketones (excluding diaryl/α,β-unsaturated/α-hetero) is 1. The zero-order valence-corrected chi connectivity index (χ0v) is 16.1. The molecule has 0 aromatic rings. The summed E-state index contributed by atoms with van der Waals surface area (Å²) in [6.45, 7) is 4.59. The molecule has 142 valence electrons. The van der Waals surface area contributed by atoms with Gasteiger partial charge in [-0.1, -0.05) is 13.8 Å². The van der Waals surface area contributed by atoms with E-state index < -0.39 is 10.4 Å². The minimum absolute atomic E-state index is 0.0877. The van der Waals surface area contributed by atoms with Crippen molar-refractivity contribution in [1.82, 2.24) is 0 Å². The van der Waals surface area contributed by atoms with Crippen LogP contribution in [-0.2, 0) is 19.4 Å². The van der Waals surface area contributed by atoms with Crippen LogP contribution in [0.4, 0.5) is 0 Å². The first kappa shape index (κ1) is 17.9. The van der Waals surface area contributed by atoms with Crippen molar-refractivity contribution < 1.29 is 21.9 Å². The van der Waals surface area contributed by atoms with Crippen molar-refractivity contribution in [3.8, 4) is 0 Å². The predicted octanol–water partition coefficient (Wildman–Crippen LogP) is 3.79. The third-order valence-electron chi connectivity index (χ3n) is 8.58. The maximum Gasteiger partial charge on any atom is 0.397 e. The molecule has 0 amide bonds. The first-order valence-corrected chi connectivity index (χ1v) is 11.2. The summed E-state index contributed by atoms with van der Waals surface area (Å²) in [5.74, 6) is 2.76. The summed E-state index contributed by atoms with van der Waals surface area (Å²) in [7, 11) is -4.37. The molecular weight excluding hydrogens is 340 g/mol. The molecule has 0 aliphatic heterocycles. The van der Waals surface area contributed by atoms with Crippen LogP contribution in [0.5, 0.6) is 0 Å². The molecule has 0 radical (unpaired) electrons. The highest BCUT2D eigenvalue weighted by Crippen LogP contribution is 2.65. The highest BCUT2D eigenvalue weighted by atomic mass is 32.3. The van der Waals surface area contributed by atoms with Gasteiger partial charge < -0.3 is 0 Å². The van der Waals surface area contributed by atoms with Crippen LogP contribution in [0, 0.1) is 34.5 Å². The summed E-state index contributed by atoms with van der Waals surface area (Å²) in [6, 6.07) is 0. The first-order valence-electron chi connectivity index (χ1n) is 9.82. The van der Waals surface area contributed by atoms with Crippen LogP contribution in [0.2, 0.25) is 0 Å². The highest BCUT2D eigenvalue weighted by molar-refractivity contribution is 7.80. The summed E-state index contributed by atoms with van der Waals surface area (Å²) >= 11 is 0. The molecule has 0 aromatic heterocycles. The van der Waals surface area contributed by atoms with Gasteiger partial charge in [-0.25, -0.2) is 4.18 Å². The molecule has 0 saturated heterocycles. The van der Waals surface area contributed by atoms with E-state index in [2.05, 4.69) is 13.8 Å². The molecule has 0 bridgehead atoms. The van der Waals surface area contributed by atoms with Gasteiger partial charge in [0.1, 0.15) is 5.78 Å². The topological polar surface area (TPSA) is 80.7 Å². The Morgan fingerprint density at radius 2 is 1.80 bits per heavy atom. The molecule has 25 heavy (non-hydrogen) atoms. The van der Waals surface area contributed by atoms with Gasteiger partial charge in [0.05, 0.1) is 6.10 Å². The molecule has 4 rings (SSSR count). The van der Waals surface area contributed by atoms with E-state index in [9.17, 15) is 13.2 Å². The van der Waals surface area contributed by atoms with E-state index in [0.29, 0.717) is 35.9 Å². The smallest absolute Gasteiger partial charge is 0.299 e. The molecule has 4 fully saturated rings. The molecule has 1 N–H and O–H groups in total. The van der Waals surface area contributed by atoms with Crippen molar-refractivity contribution in [2.45, 2.75) is 77.7 Å². The summed E-state index contributed by atoms with van der Waals surface area (Å²) in [4.78, 5) is 12.4. The van der Waals surface area contributed by atoms with Crippen molar-refractivity contribution >= 4 is 16.2 Å². The number of fused-ring (bicyclic) bond motifs is 5. The maximum atomic E-state index is 12.4. The Labute approximate surface area is 150 Å². The number of hydrogen-bond acceptors (Lipinski definition) is 4. The minimum Gasteiger partial charge on any atom is -0.299 e. The first-order chi connectivity index (χ1) is 11.6. The van der Waals surface area contributed by atoms with Crippen LogP contribution in [0.1, 0.15) is 71.6 Å². The van der Waals surface area contributed by atoms with Gasteiger partial charge in [0.15, 0.2) is 0 Å². The fraction of sp³-hybridized carbons (Fsp3) is 0.947. The van der Waals surface area contributed by atoms with Gasteiger partial charge in [-0.15, -0.1) is 0 Å². The highest BCUT2D eigenvalue weighted by Gasteiger charge is 2.60. The number of carbonyl (C=O) groups is 1. The number of hydrogen-bond donors (Lipinski definition) is 1. The fourth-order valence-corrected chi connectivity index (χ4v) is 7.77. The van der Waals surface area contributed by atoms with Gasteiger partial charge in [-0.05, 0) is 80.5 Å². The molecule has 4 saturated carbocycles. The molecule has 4 aliphatic rings. The van der Waals surface area contributed by atoms with Gasteiger partial charge in [0, 0.05) is 11.8 Å². The monoisotopic (exact) mass is 370 g/mol. The van der Waals surface area contributed by atoms with E-state index in [1.54, 1.807) is 0 Å². The van der Waals surface area contributed by atoms with Crippen molar-refractivity contribution in [1.29, 1.82) is 0 Å². The zero-order chi connectivity index (χ0) is 18.0. The molecule has 0 unspecified atom stereocenters. The lowest BCUT2D eigenvalue weighted by Crippen LogP contribution is -2.54. The zero-order valence-electron chi connectivity index (χ0n) is 15.2. The molecule has 6 heteroatoms. The summed E-state index contributed by atoms with van der Waals surface area (Å²) in [6.07, 6.45) is 8.19. The van der Waals surface area contributed by atoms with Crippen LogP contribution in [0.3, 0.4) is 0 Å². The lowest BCUT2D eigenvalue weighted by atomic mass is 9.45. The van der Waals surface area contributed by atoms with Gasteiger partial charge in [0.25, 0.3) is 0 Å². The minimum atomic E-state index is -4.37.